The van der Waals surface area contributed by atoms with E-state index < -0.39 is 30.1 Å². The highest BCUT2D eigenvalue weighted by Gasteiger charge is 2.40. The lowest BCUT2D eigenvalue weighted by atomic mass is 10.2. The number of alkyl halides is 3. The minimum Gasteiger partial charge on any atom is -0.462 e. The molecule has 16 heavy (non-hydrogen) atoms. The van der Waals surface area contributed by atoms with Gasteiger partial charge in [-0.15, -0.1) is 0 Å². The van der Waals surface area contributed by atoms with Crippen molar-refractivity contribution >= 4 is 5.97 Å². The van der Waals surface area contributed by atoms with Gasteiger partial charge >= 0.3 is 12.1 Å². The Balaban J connectivity index is 3.15. The maximum Gasteiger partial charge on any atom is 0.450 e. The molecule has 0 aliphatic heterocycles. The summed E-state index contributed by atoms with van der Waals surface area (Å²) in [6.07, 6.45) is -4.80. The fraction of sp³-hybridized carbons (Fsp3) is 0.444. The van der Waals surface area contributed by atoms with Gasteiger partial charge in [-0.05, 0) is 13.0 Å². The molecule has 0 aromatic carbocycles. The van der Waals surface area contributed by atoms with Crippen molar-refractivity contribution in [2.24, 2.45) is 0 Å². The van der Waals surface area contributed by atoms with Crippen LogP contribution < -0.4 is 0 Å². The molecule has 1 N–H and O–H groups in total. The molecule has 90 valence electrons. The third-order valence-electron chi connectivity index (χ3n) is 1.69. The number of rotatable bonds is 3. The summed E-state index contributed by atoms with van der Waals surface area (Å²) in [7, 11) is 0. The monoisotopic (exact) mass is 238 g/mol. The van der Waals surface area contributed by atoms with Crippen LogP contribution in [-0.2, 0) is 17.5 Å². The molecule has 0 unspecified atom stereocenters. The van der Waals surface area contributed by atoms with Gasteiger partial charge in [0.25, 0.3) is 0 Å². The summed E-state index contributed by atoms with van der Waals surface area (Å²) in [4.78, 5) is 11.2. The number of carbonyl (C=O) groups is 1. The zero-order valence-corrected chi connectivity index (χ0v) is 8.30. The molecule has 0 saturated heterocycles. The van der Waals surface area contributed by atoms with Crippen molar-refractivity contribution < 1.29 is 32.2 Å². The molecule has 0 fully saturated rings. The van der Waals surface area contributed by atoms with E-state index >= 15 is 0 Å². The Kier molecular flexibility index (Phi) is 3.58. The molecule has 1 aromatic rings. The van der Waals surface area contributed by atoms with E-state index in [2.05, 4.69) is 9.15 Å². The quantitative estimate of drug-likeness (QED) is 0.818. The van der Waals surface area contributed by atoms with Crippen LogP contribution in [0.5, 0.6) is 0 Å². The topological polar surface area (TPSA) is 59.7 Å². The average Bonchev–Trinajstić information content (AvgIpc) is 2.61. The van der Waals surface area contributed by atoms with Crippen LogP contribution in [0.1, 0.15) is 28.8 Å². The van der Waals surface area contributed by atoms with Crippen LogP contribution in [0.15, 0.2) is 10.5 Å². The van der Waals surface area contributed by atoms with E-state index in [1.807, 2.05) is 0 Å². The van der Waals surface area contributed by atoms with Gasteiger partial charge in [-0.1, -0.05) is 0 Å². The summed E-state index contributed by atoms with van der Waals surface area (Å²) < 4.78 is 46.0. The van der Waals surface area contributed by atoms with Crippen LogP contribution in [-0.4, -0.2) is 17.7 Å². The van der Waals surface area contributed by atoms with E-state index in [9.17, 15) is 18.0 Å². The minimum atomic E-state index is -4.80. The van der Waals surface area contributed by atoms with E-state index in [1.165, 1.54) is 6.92 Å². The van der Waals surface area contributed by atoms with Gasteiger partial charge in [-0.3, -0.25) is 0 Å². The molecule has 0 aliphatic rings. The van der Waals surface area contributed by atoms with Crippen molar-refractivity contribution in [3.8, 4) is 0 Å². The van der Waals surface area contributed by atoms with Gasteiger partial charge in [-0.25, -0.2) is 4.79 Å². The molecule has 0 saturated carbocycles. The van der Waals surface area contributed by atoms with E-state index in [1.54, 1.807) is 0 Å². The van der Waals surface area contributed by atoms with Crippen molar-refractivity contribution in [3.63, 3.8) is 0 Å². The van der Waals surface area contributed by atoms with E-state index in [4.69, 9.17) is 5.11 Å². The first-order valence-corrected chi connectivity index (χ1v) is 4.38. The fourth-order valence-electron chi connectivity index (χ4n) is 1.09. The molecule has 0 atom stereocenters. The molecule has 1 rings (SSSR count). The Hall–Kier alpha value is -1.50. The SMILES string of the molecule is CCOC(=O)c1cc(CO)oc1C(F)(F)F. The van der Waals surface area contributed by atoms with Crippen molar-refractivity contribution in [1.29, 1.82) is 0 Å². The highest BCUT2D eigenvalue weighted by Crippen LogP contribution is 2.34. The van der Waals surface area contributed by atoms with Gasteiger partial charge in [0.15, 0.2) is 0 Å². The normalized spacial score (nSPS) is 11.6. The molecule has 0 radical (unpaired) electrons. The Morgan fingerprint density at radius 3 is 2.62 bits per heavy atom. The van der Waals surface area contributed by atoms with Crippen molar-refractivity contribution in [3.05, 3.63) is 23.2 Å². The predicted molar refractivity (Wildman–Crippen MR) is 45.6 cm³/mol. The van der Waals surface area contributed by atoms with Gasteiger partial charge in [0.2, 0.25) is 5.76 Å². The number of furan rings is 1. The van der Waals surface area contributed by atoms with Crippen molar-refractivity contribution in [2.45, 2.75) is 19.7 Å². The molecule has 0 aliphatic carbocycles. The van der Waals surface area contributed by atoms with Crippen LogP contribution >= 0.6 is 0 Å². The molecular weight excluding hydrogens is 229 g/mol. The number of ether oxygens (including phenoxy) is 1. The molecule has 0 bridgehead atoms. The van der Waals surface area contributed by atoms with E-state index in [0.717, 1.165) is 6.07 Å². The number of halogens is 3. The standard InChI is InChI=1S/C9H9F3O4/c1-2-15-8(14)6-3-5(4-13)16-7(6)9(10,11)12/h3,13H,2,4H2,1H3. The van der Waals surface area contributed by atoms with E-state index in [0.29, 0.717) is 0 Å². The van der Waals surface area contributed by atoms with Gasteiger partial charge in [0.05, 0.1) is 6.61 Å². The molecule has 4 nitrogen and oxygen atoms in total. The van der Waals surface area contributed by atoms with Crippen molar-refractivity contribution in [1.82, 2.24) is 0 Å². The third-order valence-corrected chi connectivity index (χ3v) is 1.69. The molecule has 0 spiro atoms. The number of hydrogen-bond donors (Lipinski definition) is 1. The first-order chi connectivity index (χ1) is 7.40. The number of esters is 1. The van der Waals surface area contributed by atoms with Gasteiger partial charge in [0, 0.05) is 0 Å². The summed E-state index contributed by atoms with van der Waals surface area (Å²) in [5.74, 6) is -2.91. The summed E-state index contributed by atoms with van der Waals surface area (Å²) in [6, 6.07) is 0.820. The number of aliphatic hydroxyl groups is 1. The highest BCUT2D eigenvalue weighted by molar-refractivity contribution is 5.90. The van der Waals surface area contributed by atoms with Crippen LogP contribution in [0.2, 0.25) is 0 Å². The Morgan fingerprint density at radius 1 is 1.56 bits per heavy atom. The summed E-state index contributed by atoms with van der Waals surface area (Å²) in [5, 5.41) is 8.64. The largest absolute Gasteiger partial charge is 0.462 e. The zero-order chi connectivity index (χ0) is 12.3. The highest BCUT2D eigenvalue weighted by atomic mass is 19.4. The Morgan fingerprint density at radius 2 is 2.19 bits per heavy atom. The molecule has 1 aromatic heterocycles. The lowest BCUT2D eigenvalue weighted by molar-refractivity contribution is -0.154. The second-order valence-corrected chi connectivity index (χ2v) is 2.83. The number of aliphatic hydroxyl groups excluding tert-OH is 1. The van der Waals surface area contributed by atoms with Gasteiger partial charge in [0.1, 0.15) is 17.9 Å². The maximum atomic E-state index is 12.4. The summed E-state index contributed by atoms with van der Waals surface area (Å²) >= 11 is 0. The summed E-state index contributed by atoms with van der Waals surface area (Å²) in [5.41, 5.74) is -0.724. The maximum absolute atomic E-state index is 12.4. The van der Waals surface area contributed by atoms with Crippen LogP contribution in [0, 0.1) is 0 Å². The first kappa shape index (κ1) is 12.6. The lowest BCUT2D eigenvalue weighted by Crippen LogP contribution is -2.12. The lowest BCUT2D eigenvalue weighted by Gasteiger charge is -2.05. The van der Waals surface area contributed by atoms with E-state index in [-0.39, 0.29) is 12.4 Å². The Labute approximate surface area is 88.6 Å². The fourth-order valence-corrected chi connectivity index (χ4v) is 1.09. The summed E-state index contributed by atoms with van der Waals surface area (Å²) in [6.45, 7) is 0.705. The smallest absolute Gasteiger partial charge is 0.450 e. The first-order valence-electron chi connectivity index (χ1n) is 4.38. The predicted octanol–water partition coefficient (Wildman–Crippen LogP) is 1.97. The molecule has 1 heterocycles. The minimum absolute atomic E-state index is 0.0459. The van der Waals surface area contributed by atoms with Crippen LogP contribution in [0.3, 0.4) is 0 Å². The van der Waals surface area contributed by atoms with Crippen LogP contribution in [0.4, 0.5) is 13.2 Å². The van der Waals surface area contributed by atoms with Crippen molar-refractivity contribution in [2.75, 3.05) is 6.61 Å². The zero-order valence-electron chi connectivity index (χ0n) is 8.30. The van der Waals surface area contributed by atoms with Gasteiger partial charge in [-0.2, -0.15) is 13.2 Å². The second kappa shape index (κ2) is 4.56. The molecule has 0 amide bonds. The number of carbonyl (C=O) groups excluding carboxylic acids is 1. The second-order valence-electron chi connectivity index (χ2n) is 2.83. The van der Waals surface area contributed by atoms with Gasteiger partial charge < -0.3 is 14.3 Å². The third kappa shape index (κ3) is 2.54. The molecule has 7 heteroatoms. The van der Waals surface area contributed by atoms with Crippen LogP contribution in [0.25, 0.3) is 0 Å². The average molecular weight is 238 g/mol. The molecular formula is C9H9F3O4. The Bertz CT molecular complexity index is 381. The number of hydrogen-bond acceptors (Lipinski definition) is 4.